The number of primary amides is 1. The van der Waals surface area contributed by atoms with Gasteiger partial charge in [-0.05, 0) is 61.0 Å². The van der Waals surface area contributed by atoms with Crippen LogP contribution in [0.3, 0.4) is 0 Å². The van der Waals surface area contributed by atoms with Gasteiger partial charge in [-0.15, -0.1) is 0 Å². The predicted molar refractivity (Wildman–Crippen MR) is 129 cm³/mol. The highest BCUT2D eigenvalue weighted by atomic mass is 32.1. The van der Waals surface area contributed by atoms with Crippen LogP contribution in [0.2, 0.25) is 0 Å². The number of nitrogens with two attached hydrogens (primary N) is 1. The van der Waals surface area contributed by atoms with Crippen molar-refractivity contribution in [2.45, 2.75) is 44.7 Å². The van der Waals surface area contributed by atoms with Gasteiger partial charge in [0.1, 0.15) is 5.76 Å². The molecule has 0 radical (unpaired) electrons. The van der Waals surface area contributed by atoms with Crippen LogP contribution in [0.1, 0.15) is 43.4 Å². The average molecular weight is 472 g/mol. The molecule has 0 bridgehead atoms. The Labute approximate surface area is 198 Å². The first-order chi connectivity index (χ1) is 16.0. The highest BCUT2D eigenvalue weighted by Gasteiger charge is 2.24. The minimum Gasteiger partial charge on any atom is -0.493 e. The molecule has 3 rings (SSSR count). The van der Waals surface area contributed by atoms with Crippen molar-refractivity contribution in [3.8, 4) is 11.5 Å². The lowest BCUT2D eigenvalue weighted by molar-refractivity contribution is -0.120. The molecule has 3 N–H and O–H groups in total. The molecule has 2 aromatic rings. The van der Waals surface area contributed by atoms with Gasteiger partial charge in [-0.2, -0.15) is 0 Å². The first-order valence-corrected chi connectivity index (χ1v) is 11.3. The molecule has 176 valence electrons. The molecule has 1 heterocycles. The monoisotopic (exact) mass is 471 g/mol. The van der Waals surface area contributed by atoms with Crippen LogP contribution in [-0.4, -0.2) is 41.6 Å². The third-order valence-electron chi connectivity index (χ3n) is 5.40. The molecular formula is C24H29N3O5S. The number of nitrogens with zero attached hydrogens (tertiary/aromatic N) is 1. The number of furan rings is 1. The summed E-state index contributed by atoms with van der Waals surface area (Å²) in [4.78, 5) is 25.5. The maximum Gasteiger partial charge on any atom is 0.255 e. The molecule has 0 spiro atoms. The number of carbonyl (C=O) groups excluding carboxylic acids is 2. The van der Waals surface area contributed by atoms with Gasteiger partial charge in [0, 0.05) is 18.7 Å². The number of rotatable bonds is 9. The Hall–Kier alpha value is -3.33. The largest absolute Gasteiger partial charge is 0.493 e. The smallest absolute Gasteiger partial charge is 0.255 e. The van der Waals surface area contributed by atoms with Crippen molar-refractivity contribution in [3.05, 3.63) is 54.0 Å². The molecule has 1 aromatic carbocycles. The van der Waals surface area contributed by atoms with Crippen molar-refractivity contribution < 1.29 is 23.5 Å². The zero-order chi connectivity index (χ0) is 23.6. The van der Waals surface area contributed by atoms with E-state index in [9.17, 15) is 9.59 Å². The van der Waals surface area contributed by atoms with Gasteiger partial charge < -0.3 is 24.5 Å². The van der Waals surface area contributed by atoms with E-state index in [0.717, 1.165) is 31.2 Å². The fourth-order valence-electron chi connectivity index (χ4n) is 3.80. The van der Waals surface area contributed by atoms with Crippen molar-refractivity contribution in [2.24, 2.45) is 5.73 Å². The normalized spacial score (nSPS) is 14.1. The molecule has 0 unspecified atom stereocenters. The number of thiocarbonyl (C=S) groups is 1. The second-order valence-corrected chi connectivity index (χ2v) is 8.19. The van der Waals surface area contributed by atoms with Gasteiger partial charge in [-0.3, -0.25) is 14.9 Å². The number of methoxy groups -OCH3 is 1. The number of hydrogen-bond acceptors (Lipinski definition) is 6. The summed E-state index contributed by atoms with van der Waals surface area (Å²) in [6, 6.07) is 9.22. The maximum atomic E-state index is 12.4. The van der Waals surface area contributed by atoms with Crippen LogP contribution in [-0.2, 0) is 16.1 Å². The van der Waals surface area contributed by atoms with Crippen LogP contribution >= 0.6 is 12.2 Å². The van der Waals surface area contributed by atoms with Crippen LogP contribution in [0.4, 0.5) is 0 Å². The molecule has 0 atom stereocenters. The molecule has 0 aliphatic heterocycles. The number of ether oxygens (including phenoxy) is 2. The summed E-state index contributed by atoms with van der Waals surface area (Å²) in [7, 11) is 1.53. The average Bonchev–Trinajstić information content (AvgIpc) is 3.34. The van der Waals surface area contributed by atoms with E-state index < -0.39 is 5.91 Å². The Balaban J connectivity index is 1.72. The lowest BCUT2D eigenvalue weighted by Crippen LogP contribution is -2.47. The maximum absolute atomic E-state index is 12.4. The fraction of sp³-hybridized carbons (Fsp3) is 0.375. The Morgan fingerprint density at radius 2 is 2.03 bits per heavy atom. The number of hydrogen-bond donors (Lipinski definition) is 2. The number of carbonyl (C=O) groups is 2. The number of amides is 2. The van der Waals surface area contributed by atoms with Crippen LogP contribution in [0.5, 0.6) is 11.5 Å². The van der Waals surface area contributed by atoms with Crippen LogP contribution in [0.25, 0.3) is 6.08 Å². The highest BCUT2D eigenvalue weighted by molar-refractivity contribution is 7.80. The summed E-state index contributed by atoms with van der Waals surface area (Å²) in [5.74, 6) is 0.639. The second kappa shape index (κ2) is 12.1. The lowest BCUT2D eigenvalue weighted by Gasteiger charge is -2.36. The summed E-state index contributed by atoms with van der Waals surface area (Å²) in [6.07, 6.45) is 10.0. The van der Waals surface area contributed by atoms with E-state index in [4.69, 9.17) is 31.8 Å². The van der Waals surface area contributed by atoms with Crippen LogP contribution in [0, 0.1) is 0 Å². The lowest BCUT2D eigenvalue weighted by atomic mass is 9.94. The van der Waals surface area contributed by atoms with Gasteiger partial charge in [0.25, 0.3) is 5.91 Å². The zero-order valence-corrected chi connectivity index (χ0v) is 19.4. The predicted octanol–water partition coefficient (Wildman–Crippen LogP) is 3.40. The van der Waals surface area contributed by atoms with Gasteiger partial charge in [-0.25, -0.2) is 0 Å². The van der Waals surface area contributed by atoms with Crippen molar-refractivity contribution in [2.75, 3.05) is 13.7 Å². The minimum absolute atomic E-state index is 0.231. The van der Waals surface area contributed by atoms with E-state index in [1.165, 1.54) is 19.6 Å². The molecule has 33 heavy (non-hydrogen) atoms. The Morgan fingerprint density at radius 3 is 2.70 bits per heavy atom. The Bertz CT molecular complexity index is 984. The Morgan fingerprint density at radius 1 is 1.24 bits per heavy atom. The first-order valence-electron chi connectivity index (χ1n) is 10.9. The molecule has 8 nitrogen and oxygen atoms in total. The summed E-state index contributed by atoms with van der Waals surface area (Å²) >= 11 is 5.63. The molecule has 1 aliphatic rings. The molecule has 1 aliphatic carbocycles. The van der Waals surface area contributed by atoms with Gasteiger partial charge >= 0.3 is 0 Å². The van der Waals surface area contributed by atoms with Crippen molar-refractivity contribution in [1.29, 1.82) is 0 Å². The highest BCUT2D eigenvalue weighted by Crippen LogP contribution is 2.30. The fourth-order valence-corrected chi connectivity index (χ4v) is 4.11. The molecular weight excluding hydrogens is 442 g/mol. The van der Waals surface area contributed by atoms with E-state index in [1.54, 1.807) is 30.5 Å². The Kier molecular flexibility index (Phi) is 8.88. The number of benzene rings is 1. The van der Waals surface area contributed by atoms with E-state index in [0.29, 0.717) is 28.9 Å². The first kappa shape index (κ1) is 24.3. The van der Waals surface area contributed by atoms with Crippen molar-refractivity contribution in [1.82, 2.24) is 10.2 Å². The molecule has 1 aromatic heterocycles. The van der Waals surface area contributed by atoms with Crippen molar-refractivity contribution in [3.63, 3.8) is 0 Å². The summed E-state index contributed by atoms with van der Waals surface area (Å²) in [5, 5.41) is 3.19. The van der Waals surface area contributed by atoms with Crippen LogP contribution in [0.15, 0.2) is 47.1 Å². The zero-order valence-electron chi connectivity index (χ0n) is 18.6. The van der Waals surface area contributed by atoms with Gasteiger partial charge in [0.15, 0.2) is 23.2 Å². The SMILES string of the molecule is COc1cc(CN(C(=S)NC(=O)/C=C/c2ccco2)C2CCCCC2)ccc1OCC(N)=O. The summed E-state index contributed by atoms with van der Waals surface area (Å²) in [6.45, 7) is 0.268. The molecule has 2 amide bonds. The third-order valence-corrected chi connectivity index (χ3v) is 5.74. The van der Waals surface area contributed by atoms with E-state index in [2.05, 4.69) is 10.2 Å². The summed E-state index contributed by atoms with van der Waals surface area (Å²) in [5.41, 5.74) is 6.10. The molecule has 0 saturated heterocycles. The van der Waals surface area contributed by atoms with E-state index in [1.807, 2.05) is 12.1 Å². The standard InChI is InChI=1S/C24H29N3O5S/c1-30-21-14-17(9-11-20(21)32-16-22(25)28)15-27(18-6-3-2-4-7-18)24(33)26-23(29)12-10-19-8-5-13-31-19/h5,8-14,18H,2-4,6-7,15-16H2,1H3,(H2,25,28)(H,26,29,33)/b12-10+. The molecule has 9 heteroatoms. The van der Waals surface area contributed by atoms with Gasteiger partial charge in [0.05, 0.1) is 13.4 Å². The second-order valence-electron chi connectivity index (χ2n) is 7.80. The molecule has 1 saturated carbocycles. The topological polar surface area (TPSA) is 107 Å². The summed E-state index contributed by atoms with van der Waals surface area (Å²) < 4.78 is 16.0. The van der Waals surface area contributed by atoms with Crippen LogP contribution < -0.4 is 20.5 Å². The molecule has 1 fully saturated rings. The van der Waals surface area contributed by atoms with Gasteiger partial charge in [-0.1, -0.05) is 25.3 Å². The quantitative estimate of drug-likeness (QED) is 0.426. The van der Waals surface area contributed by atoms with E-state index in [-0.39, 0.29) is 18.6 Å². The number of nitrogens with one attached hydrogen (secondary N) is 1. The van der Waals surface area contributed by atoms with Gasteiger partial charge in [0.2, 0.25) is 5.91 Å². The van der Waals surface area contributed by atoms with Crippen molar-refractivity contribution >= 4 is 35.2 Å². The van der Waals surface area contributed by atoms with E-state index >= 15 is 0 Å². The third kappa shape index (κ3) is 7.35. The minimum atomic E-state index is -0.563.